The largest absolute Gasteiger partial charge is 0.328 e. The van der Waals surface area contributed by atoms with Crippen LogP contribution in [0.2, 0.25) is 0 Å². The van der Waals surface area contributed by atoms with Crippen molar-refractivity contribution < 1.29 is 4.79 Å². The molecule has 1 aliphatic heterocycles. The molecule has 1 amide bonds. The molecule has 1 saturated heterocycles. The molecular weight excluding hydrogens is 384 g/mol. The molecule has 0 radical (unpaired) electrons. The first-order valence-corrected chi connectivity index (χ1v) is 10.2. The minimum atomic E-state index is -0.0686. The molecule has 0 N–H and O–H groups in total. The van der Waals surface area contributed by atoms with Gasteiger partial charge in [0.2, 0.25) is 0 Å². The summed E-state index contributed by atoms with van der Waals surface area (Å²) in [6.07, 6.45) is 1.87. The monoisotopic (exact) mass is 406 g/mol. The molecule has 4 rings (SSSR count). The minimum Gasteiger partial charge on any atom is -0.295 e. The van der Waals surface area contributed by atoms with Gasteiger partial charge >= 0.3 is 5.69 Å². The van der Waals surface area contributed by atoms with Crippen molar-refractivity contribution in [2.45, 2.75) is 13.8 Å². The van der Waals surface area contributed by atoms with Crippen molar-refractivity contribution in [1.82, 2.24) is 14.0 Å². The number of imidazole rings is 1. The average molecular weight is 407 g/mol. The van der Waals surface area contributed by atoms with Crippen LogP contribution in [0.15, 0.2) is 57.2 Å². The minimum absolute atomic E-state index is 0.0492. The third-order valence-electron chi connectivity index (χ3n) is 5.13. The molecule has 2 aromatic carbocycles. The van der Waals surface area contributed by atoms with Crippen LogP contribution in [0.1, 0.15) is 18.1 Å². The Balaban J connectivity index is 1.74. The summed E-state index contributed by atoms with van der Waals surface area (Å²) in [5, 5.41) is 0.686. The molecule has 0 aliphatic carbocycles. The smallest absolute Gasteiger partial charge is 0.295 e. The van der Waals surface area contributed by atoms with Crippen molar-refractivity contribution in [2.75, 3.05) is 6.54 Å². The molecule has 0 unspecified atom stereocenters. The molecule has 1 fully saturated rings. The molecule has 0 saturated carbocycles. The summed E-state index contributed by atoms with van der Waals surface area (Å²) >= 11 is 1.38. The molecule has 29 heavy (non-hydrogen) atoms. The number of carbonyl (C=O) groups is 1. The maximum Gasteiger partial charge on any atom is 0.328 e. The lowest BCUT2D eigenvalue weighted by Gasteiger charge is -2.12. The lowest BCUT2D eigenvalue weighted by Crippen LogP contribution is -2.28. The molecule has 148 valence electrons. The SMILES string of the molecule is CCN1C(=O)/C(=C\c2ccc3c(c2)n(C)c(=O)n3C)SC1=Nc1ccccc1C. The number of hydrogen-bond donors (Lipinski definition) is 0. The molecule has 1 aliphatic rings. The van der Waals surface area contributed by atoms with Crippen molar-refractivity contribution in [1.29, 1.82) is 0 Å². The molecule has 1 aromatic heterocycles. The number of fused-ring (bicyclic) bond motifs is 1. The van der Waals surface area contributed by atoms with E-state index < -0.39 is 0 Å². The number of nitrogens with zero attached hydrogens (tertiary/aromatic N) is 4. The molecule has 7 heteroatoms. The first-order chi connectivity index (χ1) is 13.9. The second-order valence-electron chi connectivity index (χ2n) is 6.99. The Bertz CT molecular complexity index is 1250. The molecule has 3 aromatic rings. The van der Waals surface area contributed by atoms with E-state index in [0.29, 0.717) is 16.6 Å². The standard InChI is InChI=1S/C22H22N4O2S/c1-5-26-20(27)19(29-21(26)23-16-9-7-6-8-14(16)2)13-15-10-11-17-18(12-15)25(4)22(28)24(17)3/h6-13H,5H2,1-4H3/b19-13+,23-21?. The predicted molar refractivity (Wildman–Crippen MR) is 119 cm³/mol. The van der Waals surface area contributed by atoms with E-state index in [9.17, 15) is 9.59 Å². The van der Waals surface area contributed by atoms with Crippen molar-refractivity contribution in [2.24, 2.45) is 19.1 Å². The fraction of sp³-hybridized carbons (Fsp3) is 0.227. The van der Waals surface area contributed by atoms with Gasteiger partial charge in [-0.2, -0.15) is 0 Å². The third kappa shape index (κ3) is 3.31. The summed E-state index contributed by atoms with van der Waals surface area (Å²) in [5.74, 6) is -0.0492. The number of aryl methyl sites for hydroxylation is 3. The van der Waals surface area contributed by atoms with Gasteiger partial charge in [-0.1, -0.05) is 24.3 Å². The van der Waals surface area contributed by atoms with Gasteiger partial charge in [0.05, 0.1) is 21.6 Å². The molecule has 2 heterocycles. The van der Waals surface area contributed by atoms with Crippen LogP contribution >= 0.6 is 11.8 Å². The predicted octanol–water partition coefficient (Wildman–Crippen LogP) is 3.81. The van der Waals surface area contributed by atoms with Crippen LogP contribution in [0, 0.1) is 6.92 Å². The van der Waals surface area contributed by atoms with E-state index in [-0.39, 0.29) is 11.6 Å². The third-order valence-corrected chi connectivity index (χ3v) is 6.14. The van der Waals surface area contributed by atoms with Gasteiger partial charge in [0.25, 0.3) is 5.91 Å². The molecule has 6 nitrogen and oxygen atoms in total. The van der Waals surface area contributed by atoms with Crippen LogP contribution in [0.3, 0.4) is 0 Å². The highest BCUT2D eigenvalue weighted by Gasteiger charge is 2.32. The summed E-state index contributed by atoms with van der Waals surface area (Å²) in [4.78, 5) is 32.1. The van der Waals surface area contributed by atoms with Crippen LogP contribution in [0.4, 0.5) is 5.69 Å². The quantitative estimate of drug-likeness (QED) is 0.622. The van der Waals surface area contributed by atoms with E-state index in [0.717, 1.165) is 27.8 Å². The summed E-state index contributed by atoms with van der Waals surface area (Å²) < 4.78 is 3.23. The first kappa shape index (κ1) is 19.3. The summed E-state index contributed by atoms with van der Waals surface area (Å²) in [7, 11) is 3.51. The zero-order chi connectivity index (χ0) is 20.7. The van der Waals surface area contributed by atoms with Crippen molar-refractivity contribution in [3.8, 4) is 0 Å². The number of benzene rings is 2. The second kappa shape index (κ2) is 7.40. The van der Waals surface area contributed by atoms with Crippen LogP contribution in [-0.4, -0.2) is 31.7 Å². The van der Waals surface area contributed by atoms with Gasteiger partial charge in [0.1, 0.15) is 0 Å². The Hall–Kier alpha value is -3.06. The Morgan fingerprint density at radius 3 is 2.48 bits per heavy atom. The van der Waals surface area contributed by atoms with Gasteiger partial charge in [-0.25, -0.2) is 9.79 Å². The summed E-state index contributed by atoms with van der Waals surface area (Å²) in [6.45, 7) is 4.51. The van der Waals surface area contributed by atoms with Crippen molar-refractivity contribution >= 4 is 45.6 Å². The molecule has 0 spiro atoms. The molecule has 0 atom stereocenters. The maximum absolute atomic E-state index is 12.9. The topological polar surface area (TPSA) is 59.6 Å². The van der Waals surface area contributed by atoms with Crippen LogP contribution in [0.25, 0.3) is 17.1 Å². The van der Waals surface area contributed by atoms with Gasteiger partial charge < -0.3 is 0 Å². The Morgan fingerprint density at radius 1 is 1.03 bits per heavy atom. The number of carbonyl (C=O) groups excluding carboxylic acids is 1. The number of hydrogen-bond acceptors (Lipinski definition) is 4. The summed E-state index contributed by atoms with van der Waals surface area (Å²) in [6, 6.07) is 13.6. The zero-order valence-electron chi connectivity index (χ0n) is 16.8. The van der Waals surface area contributed by atoms with Gasteiger partial charge in [0.15, 0.2) is 5.17 Å². The van der Waals surface area contributed by atoms with Crippen molar-refractivity contribution in [3.63, 3.8) is 0 Å². The van der Waals surface area contributed by atoms with Gasteiger partial charge in [0, 0.05) is 20.6 Å². The number of aliphatic imine (C=N–C) groups is 1. The van der Waals surface area contributed by atoms with Crippen LogP contribution in [-0.2, 0) is 18.9 Å². The van der Waals surface area contributed by atoms with Crippen LogP contribution < -0.4 is 5.69 Å². The molecule has 0 bridgehead atoms. The first-order valence-electron chi connectivity index (χ1n) is 9.42. The van der Waals surface area contributed by atoms with E-state index >= 15 is 0 Å². The number of amidine groups is 1. The van der Waals surface area contributed by atoms with E-state index in [1.165, 1.54) is 11.8 Å². The number of rotatable bonds is 3. The second-order valence-corrected chi connectivity index (χ2v) is 8.00. The van der Waals surface area contributed by atoms with Crippen LogP contribution in [0.5, 0.6) is 0 Å². The average Bonchev–Trinajstić information content (AvgIpc) is 3.12. The number of amides is 1. The van der Waals surface area contributed by atoms with Crippen molar-refractivity contribution in [3.05, 3.63) is 69.0 Å². The van der Waals surface area contributed by atoms with E-state index in [4.69, 9.17) is 4.99 Å². The van der Waals surface area contributed by atoms with E-state index in [1.54, 1.807) is 28.1 Å². The lowest BCUT2D eigenvalue weighted by atomic mass is 10.2. The van der Waals surface area contributed by atoms with Gasteiger partial charge in [-0.15, -0.1) is 0 Å². The maximum atomic E-state index is 12.9. The van der Waals surface area contributed by atoms with Gasteiger partial charge in [-0.05, 0) is 61.0 Å². The highest BCUT2D eigenvalue weighted by Crippen LogP contribution is 2.34. The Morgan fingerprint density at radius 2 is 1.76 bits per heavy atom. The van der Waals surface area contributed by atoms with Gasteiger partial charge in [-0.3, -0.25) is 18.8 Å². The molecular formula is C22H22N4O2S. The summed E-state index contributed by atoms with van der Waals surface area (Å²) in [5.41, 5.74) is 4.44. The number of para-hydroxylation sites is 1. The highest BCUT2D eigenvalue weighted by molar-refractivity contribution is 8.18. The Kier molecular flexibility index (Phi) is 4.92. The fourth-order valence-electron chi connectivity index (χ4n) is 3.43. The lowest BCUT2D eigenvalue weighted by molar-refractivity contribution is -0.122. The highest BCUT2D eigenvalue weighted by atomic mass is 32.2. The van der Waals surface area contributed by atoms with E-state index in [1.807, 2.05) is 62.4 Å². The number of likely N-dealkylation sites (N-methyl/N-ethyl adjacent to an activating group) is 1. The number of aromatic nitrogens is 2. The Labute approximate surface area is 173 Å². The normalized spacial score (nSPS) is 17.2. The number of thioether (sulfide) groups is 1. The zero-order valence-corrected chi connectivity index (χ0v) is 17.7. The van der Waals surface area contributed by atoms with E-state index in [2.05, 4.69) is 0 Å². The fourth-order valence-corrected chi connectivity index (χ4v) is 4.48.